The molecule has 1 heterocycles. The maximum atomic E-state index is 13.8. The highest BCUT2D eigenvalue weighted by Gasteiger charge is 2.64. The van der Waals surface area contributed by atoms with Crippen LogP contribution >= 0.6 is 0 Å². The van der Waals surface area contributed by atoms with Crippen molar-refractivity contribution >= 4 is 17.9 Å². The van der Waals surface area contributed by atoms with Crippen LogP contribution in [0.4, 0.5) is 0 Å². The van der Waals surface area contributed by atoms with E-state index in [4.69, 9.17) is 14.2 Å². The quantitative estimate of drug-likeness (QED) is 0.185. The predicted octanol–water partition coefficient (Wildman–Crippen LogP) is 10.3. The minimum absolute atomic E-state index is 0. The molecule has 6 nitrogen and oxygen atoms in total. The van der Waals surface area contributed by atoms with Crippen molar-refractivity contribution < 1.29 is 28.6 Å². The molecule has 0 aromatic heterocycles. The molecule has 0 N–H and O–H groups in total. The zero-order chi connectivity index (χ0) is 28.1. The van der Waals surface area contributed by atoms with Gasteiger partial charge in [0.2, 0.25) is 0 Å². The average molecular weight is 639 g/mol. The van der Waals surface area contributed by atoms with Crippen LogP contribution in [0.15, 0.2) is 0 Å². The van der Waals surface area contributed by atoms with Crippen molar-refractivity contribution in [3.63, 3.8) is 0 Å². The molecule has 7 aliphatic rings. The predicted molar refractivity (Wildman–Crippen MR) is 187 cm³/mol. The van der Waals surface area contributed by atoms with E-state index in [1.165, 1.54) is 32.1 Å². The van der Waals surface area contributed by atoms with Gasteiger partial charge in [0.1, 0.15) is 17.8 Å². The van der Waals surface area contributed by atoms with Gasteiger partial charge in [0.05, 0.1) is 16.7 Å². The van der Waals surface area contributed by atoms with Crippen LogP contribution in [0.25, 0.3) is 0 Å². The molecule has 0 radical (unpaired) electrons. The Hall–Kier alpha value is -1.59. The van der Waals surface area contributed by atoms with Crippen molar-refractivity contribution in [2.45, 2.75) is 175 Å². The largest absolute Gasteiger partial charge is 0.458 e. The van der Waals surface area contributed by atoms with E-state index in [1.807, 2.05) is 27.7 Å². The second kappa shape index (κ2) is 14.3. The molecule has 6 aliphatic carbocycles. The van der Waals surface area contributed by atoms with E-state index < -0.39 is 10.8 Å². The lowest BCUT2D eigenvalue weighted by Gasteiger charge is -2.59. The number of rotatable bonds is 9. The van der Waals surface area contributed by atoms with Crippen LogP contribution in [-0.4, -0.2) is 35.7 Å². The van der Waals surface area contributed by atoms with Crippen molar-refractivity contribution in [3.05, 3.63) is 0 Å². The Balaban J connectivity index is 0.00000323. The van der Waals surface area contributed by atoms with Crippen molar-refractivity contribution in [1.29, 1.82) is 0 Å². The van der Waals surface area contributed by atoms with E-state index in [-0.39, 0.29) is 103 Å². The van der Waals surface area contributed by atoms with Crippen molar-refractivity contribution in [2.24, 2.45) is 57.7 Å². The van der Waals surface area contributed by atoms with E-state index in [9.17, 15) is 14.4 Å². The Kier molecular flexibility index (Phi) is 13.8. The lowest BCUT2D eigenvalue weighted by Crippen LogP contribution is -2.58. The van der Waals surface area contributed by atoms with Gasteiger partial charge in [-0.2, -0.15) is 0 Å². The monoisotopic (exact) mass is 639 g/mol. The van der Waals surface area contributed by atoms with Crippen LogP contribution in [0.1, 0.15) is 157 Å². The number of hydrogen-bond acceptors (Lipinski definition) is 6. The molecule has 7 rings (SSSR count). The van der Waals surface area contributed by atoms with Crippen LogP contribution < -0.4 is 0 Å². The fraction of sp³-hybridized carbons (Fsp3) is 0.923. The molecule has 6 bridgehead atoms. The molecule has 266 valence electrons. The summed E-state index contributed by atoms with van der Waals surface area (Å²) in [5.41, 5.74) is -1.95. The molecule has 0 spiro atoms. The molecule has 0 aromatic rings. The summed E-state index contributed by atoms with van der Waals surface area (Å²) in [4.78, 5) is 39.6. The van der Waals surface area contributed by atoms with Gasteiger partial charge in [0.15, 0.2) is 0 Å². The Bertz CT molecular complexity index is 1020. The van der Waals surface area contributed by atoms with Gasteiger partial charge in [-0.15, -0.1) is 0 Å². The maximum Gasteiger partial charge on any atom is 0.312 e. The van der Waals surface area contributed by atoms with Crippen LogP contribution in [0.5, 0.6) is 0 Å². The highest BCUT2D eigenvalue weighted by atomic mass is 16.6. The van der Waals surface area contributed by atoms with E-state index in [2.05, 4.69) is 20.8 Å². The number of ether oxygens (including phenoxy) is 3. The first-order chi connectivity index (χ1) is 18.1. The first kappa shape index (κ1) is 43.4. The zero-order valence-electron chi connectivity index (χ0n) is 25.2. The normalized spacial score (nSPS) is 37.6. The summed E-state index contributed by atoms with van der Waals surface area (Å²) in [7, 11) is 0. The number of fused-ring (bicyclic) bond motifs is 1. The smallest absolute Gasteiger partial charge is 0.312 e. The van der Waals surface area contributed by atoms with Crippen LogP contribution in [0.3, 0.4) is 0 Å². The van der Waals surface area contributed by atoms with Gasteiger partial charge in [0.25, 0.3) is 0 Å². The second-order valence-corrected chi connectivity index (χ2v) is 16.5. The van der Waals surface area contributed by atoms with Gasteiger partial charge >= 0.3 is 17.9 Å². The van der Waals surface area contributed by atoms with E-state index in [0.29, 0.717) is 31.1 Å². The van der Waals surface area contributed by atoms with Gasteiger partial charge in [-0.3, -0.25) is 14.4 Å². The van der Waals surface area contributed by atoms with Gasteiger partial charge in [-0.05, 0) is 121 Å². The number of carbonyl (C=O) groups excluding carboxylic acids is 3. The first-order valence-electron chi connectivity index (χ1n) is 15.8. The lowest BCUT2D eigenvalue weighted by molar-refractivity contribution is -0.212. The highest BCUT2D eigenvalue weighted by Crippen LogP contribution is 2.60. The fourth-order valence-corrected chi connectivity index (χ4v) is 10.7. The van der Waals surface area contributed by atoms with Crippen LogP contribution in [-0.2, 0) is 28.6 Å². The summed E-state index contributed by atoms with van der Waals surface area (Å²) in [6.45, 7) is 14.6. The van der Waals surface area contributed by atoms with Gasteiger partial charge < -0.3 is 14.2 Å². The molecule has 1 aliphatic heterocycles. The van der Waals surface area contributed by atoms with E-state index in [1.54, 1.807) is 0 Å². The van der Waals surface area contributed by atoms with E-state index >= 15 is 0 Å². The Morgan fingerprint density at radius 2 is 1.33 bits per heavy atom. The molecular weight excluding hydrogens is 564 g/mol. The number of esters is 3. The number of carbonyl (C=O) groups is 3. The second-order valence-electron chi connectivity index (χ2n) is 16.5. The van der Waals surface area contributed by atoms with Crippen molar-refractivity contribution in [3.8, 4) is 0 Å². The minimum Gasteiger partial charge on any atom is -0.458 e. The third kappa shape index (κ3) is 7.15. The van der Waals surface area contributed by atoms with Crippen molar-refractivity contribution in [2.75, 3.05) is 0 Å². The molecular formula is C39H74O6. The van der Waals surface area contributed by atoms with Crippen LogP contribution in [0.2, 0.25) is 0 Å². The fourth-order valence-electron chi connectivity index (χ4n) is 10.7. The Labute approximate surface area is 278 Å². The number of hydrogen-bond donors (Lipinski definition) is 0. The third-order valence-electron chi connectivity index (χ3n) is 12.3. The molecule has 6 heteroatoms. The highest BCUT2D eigenvalue weighted by molar-refractivity contribution is 5.79. The molecule has 6 unspecified atom stereocenters. The summed E-state index contributed by atoms with van der Waals surface area (Å²) in [6.07, 6.45) is 9.25. The third-order valence-corrected chi connectivity index (χ3v) is 12.3. The molecule has 45 heavy (non-hydrogen) atoms. The molecule has 6 saturated carbocycles. The van der Waals surface area contributed by atoms with Gasteiger partial charge in [-0.25, -0.2) is 0 Å². The Morgan fingerprint density at radius 3 is 1.84 bits per heavy atom. The van der Waals surface area contributed by atoms with Gasteiger partial charge in [0, 0.05) is 11.8 Å². The maximum absolute atomic E-state index is 13.8. The molecule has 1 saturated heterocycles. The standard InChI is InChI=1S/C33H50O6.6CH4/c1-8-32(6,29(36)38-25-20-14-23-24(15-20)27(34)37-26(23)25)17-30(2,3)16-31(4,5)28(35)39-33(7)21-10-18-9-19(12-21)13-22(33)11-18;;;;;;/h18-26H,8-17H2,1-7H3;6*1H4. The topological polar surface area (TPSA) is 78.9 Å². The molecule has 0 aromatic carbocycles. The molecule has 6 atom stereocenters. The van der Waals surface area contributed by atoms with Gasteiger partial charge in [-0.1, -0.05) is 65.3 Å². The molecule has 0 amide bonds. The molecule has 7 fully saturated rings. The van der Waals surface area contributed by atoms with Crippen LogP contribution in [0, 0.1) is 57.7 Å². The average Bonchev–Trinajstić information content (AvgIpc) is 3.46. The summed E-state index contributed by atoms with van der Waals surface area (Å²) >= 11 is 0. The summed E-state index contributed by atoms with van der Waals surface area (Å²) in [6, 6.07) is 0. The first-order valence-corrected chi connectivity index (χ1v) is 15.8. The van der Waals surface area contributed by atoms with E-state index in [0.717, 1.165) is 24.7 Å². The summed E-state index contributed by atoms with van der Waals surface area (Å²) in [5.74, 6) is 2.72. The minimum atomic E-state index is -0.680. The summed E-state index contributed by atoms with van der Waals surface area (Å²) < 4.78 is 18.3. The van der Waals surface area contributed by atoms with Crippen molar-refractivity contribution in [1.82, 2.24) is 0 Å². The zero-order valence-corrected chi connectivity index (χ0v) is 25.2. The SMILES string of the molecule is C.C.C.C.C.C.CCC(C)(CC(C)(C)CC(C)(C)C(=O)OC1(C)C2CC3CC(C2)CC1C3)C(=O)OC1C2CC3C(=O)OC1C3C2. The summed E-state index contributed by atoms with van der Waals surface area (Å²) in [5, 5.41) is 0. The Morgan fingerprint density at radius 1 is 0.800 bits per heavy atom. The lowest BCUT2D eigenvalue weighted by atomic mass is 9.50.